The first-order valence-corrected chi connectivity index (χ1v) is 12.8. The molecule has 1 aliphatic heterocycles. The fourth-order valence-electron chi connectivity index (χ4n) is 6.97. The molecule has 39 heavy (non-hydrogen) atoms. The lowest BCUT2D eigenvalue weighted by Crippen LogP contribution is -2.39. The lowest BCUT2D eigenvalue weighted by molar-refractivity contribution is -0.124. The van der Waals surface area contributed by atoms with Crippen molar-refractivity contribution in [2.75, 3.05) is 11.1 Å². The van der Waals surface area contributed by atoms with Gasteiger partial charge in [0.15, 0.2) is 0 Å². The van der Waals surface area contributed by atoms with Crippen molar-refractivity contribution < 1.29 is 14.0 Å². The Morgan fingerprint density at radius 2 is 2.00 bits per heavy atom. The van der Waals surface area contributed by atoms with Crippen molar-refractivity contribution in [3.05, 3.63) is 72.2 Å². The monoisotopic (exact) mass is 521 g/mol. The van der Waals surface area contributed by atoms with Crippen LogP contribution >= 0.6 is 0 Å². The summed E-state index contributed by atoms with van der Waals surface area (Å²) in [6, 6.07) is 9.36. The largest absolute Gasteiger partial charge is 0.382 e. The first-order valence-electron chi connectivity index (χ1n) is 12.8. The number of fused-ring (bicyclic) bond motifs is 1. The van der Waals surface area contributed by atoms with Gasteiger partial charge in [-0.2, -0.15) is 0 Å². The highest BCUT2D eigenvalue weighted by Gasteiger charge is 2.87. The summed E-state index contributed by atoms with van der Waals surface area (Å²) in [7, 11) is 0. The van der Waals surface area contributed by atoms with Gasteiger partial charge in [0.25, 0.3) is 11.8 Å². The smallest absolute Gasteiger partial charge is 0.299 e. The molecule has 1 spiro atoms. The van der Waals surface area contributed by atoms with E-state index in [1.165, 1.54) is 18.2 Å². The van der Waals surface area contributed by atoms with Crippen LogP contribution in [0.3, 0.4) is 0 Å². The van der Waals surface area contributed by atoms with Gasteiger partial charge in [0.1, 0.15) is 40.0 Å². The van der Waals surface area contributed by atoms with Crippen molar-refractivity contribution in [2.45, 2.75) is 43.7 Å². The molecule has 3 unspecified atom stereocenters. The highest BCUT2D eigenvalue weighted by Crippen LogP contribution is 2.77. The zero-order valence-electron chi connectivity index (χ0n) is 21.1. The third-order valence-corrected chi connectivity index (χ3v) is 8.63. The minimum atomic E-state index is -0.626. The van der Waals surface area contributed by atoms with Crippen LogP contribution in [0.2, 0.25) is 0 Å². The van der Waals surface area contributed by atoms with Gasteiger partial charge in [-0.15, -0.1) is 0 Å². The van der Waals surface area contributed by atoms with Crippen molar-refractivity contribution >= 4 is 29.0 Å². The number of likely N-dealkylation sites (tertiary alicyclic amines) is 1. The number of imidazole rings is 1. The topological polar surface area (TPSA) is 118 Å². The Kier molecular flexibility index (Phi) is 4.85. The minimum Gasteiger partial charge on any atom is -0.382 e. The van der Waals surface area contributed by atoms with Crippen molar-refractivity contribution in [2.24, 2.45) is 5.92 Å². The van der Waals surface area contributed by atoms with Crippen LogP contribution in [-0.4, -0.2) is 41.6 Å². The quantitative estimate of drug-likeness (QED) is 0.312. The maximum Gasteiger partial charge on any atom is 0.299 e. The summed E-state index contributed by atoms with van der Waals surface area (Å²) in [6.45, 7) is 1.65. The second-order valence-corrected chi connectivity index (χ2v) is 10.3. The van der Waals surface area contributed by atoms with E-state index in [9.17, 15) is 9.59 Å². The lowest BCUT2D eigenvalue weighted by atomic mass is 9.71. The maximum absolute atomic E-state index is 15.7. The third-order valence-electron chi connectivity index (χ3n) is 8.63. The molecule has 2 amide bonds. The van der Waals surface area contributed by atoms with E-state index >= 15 is 4.39 Å². The highest BCUT2D eigenvalue weighted by atomic mass is 19.1. The van der Waals surface area contributed by atoms with Gasteiger partial charge in [-0.05, 0) is 74.8 Å². The Labute approximate surface area is 223 Å². The number of anilines is 2. The zero-order valence-corrected chi connectivity index (χ0v) is 21.1. The van der Waals surface area contributed by atoms with Gasteiger partial charge in [0.05, 0.1) is 5.54 Å². The molecule has 4 aromatic rings. The molecule has 3 aromatic heterocycles. The standard InChI is InChI=1S/C29H24FN7O2/c1-2-5-22(38)37-28-11-9-18(28)10-12-29(28,37)27-35-23(24-25(31)33-14-15-36(24)27)19-8-7-17(16-20(19)30)26(39)34-21-6-3-4-13-32-21/h3-4,6-8,13-16,18H,9-12H2,1H3,(H2,31,33)(H,32,34,39). The summed E-state index contributed by atoms with van der Waals surface area (Å²) in [5, 5.41) is 2.66. The number of amides is 2. The molecule has 2 saturated carbocycles. The van der Waals surface area contributed by atoms with Crippen LogP contribution in [0.25, 0.3) is 16.8 Å². The Bertz CT molecular complexity index is 1760. The van der Waals surface area contributed by atoms with Crippen LogP contribution in [0.1, 0.15) is 48.8 Å². The Hall–Kier alpha value is -4.78. The SMILES string of the molecule is CC#CC(=O)N1C2(c3nc(-c4ccc(C(=O)Nc5ccccn5)cc4F)c4c(N)nccn34)CCC3CCC312. The first-order chi connectivity index (χ1) is 18.9. The van der Waals surface area contributed by atoms with E-state index in [1.807, 2.05) is 9.30 Å². The van der Waals surface area contributed by atoms with Crippen molar-refractivity contribution in [1.29, 1.82) is 0 Å². The number of carbonyl (C=O) groups is 2. The molecule has 3 atom stereocenters. The average molecular weight is 522 g/mol. The molecular weight excluding hydrogens is 497 g/mol. The number of rotatable bonds is 4. The second-order valence-electron chi connectivity index (χ2n) is 10.3. The van der Waals surface area contributed by atoms with Crippen molar-refractivity contribution in [3.63, 3.8) is 0 Å². The fraction of sp³-hybridized carbons (Fsp3) is 0.276. The number of halogens is 1. The number of piperidine rings is 1. The van der Waals surface area contributed by atoms with Crippen LogP contribution in [0, 0.1) is 23.6 Å². The molecular formula is C29H24FN7O2. The summed E-state index contributed by atoms with van der Waals surface area (Å²) in [5.41, 5.74) is 6.50. The van der Waals surface area contributed by atoms with Crippen molar-refractivity contribution in [3.8, 4) is 23.1 Å². The number of nitrogens with zero attached hydrogens (tertiary/aromatic N) is 5. The van der Waals surface area contributed by atoms with Crippen LogP contribution in [-0.2, 0) is 10.3 Å². The van der Waals surface area contributed by atoms with Gasteiger partial charge < -0.3 is 16.0 Å². The molecule has 10 heteroatoms. The maximum atomic E-state index is 15.7. The third kappa shape index (κ3) is 2.98. The van der Waals surface area contributed by atoms with E-state index in [2.05, 4.69) is 27.1 Å². The molecule has 7 rings (SSSR count). The second kappa shape index (κ2) is 8.11. The van der Waals surface area contributed by atoms with Gasteiger partial charge in [-0.1, -0.05) is 12.0 Å². The Balaban J connectivity index is 1.33. The van der Waals surface area contributed by atoms with Crippen LogP contribution in [0.5, 0.6) is 0 Å². The summed E-state index contributed by atoms with van der Waals surface area (Å²) >= 11 is 0. The average Bonchev–Trinajstić information content (AvgIpc) is 3.27. The molecule has 2 aliphatic carbocycles. The first kappa shape index (κ1) is 23.3. The molecule has 1 saturated heterocycles. The van der Waals surface area contributed by atoms with Crippen LogP contribution in [0.4, 0.5) is 16.0 Å². The zero-order chi connectivity index (χ0) is 26.9. The Morgan fingerprint density at radius 1 is 1.15 bits per heavy atom. The van der Waals surface area contributed by atoms with E-state index in [4.69, 9.17) is 10.7 Å². The van der Waals surface area contributed by atoms with E-state index in [0.717, 1.165) is 25.7 Å². The Morgan fingerprint density at radius 3 is 2.72 bits per heavy atom. The molecule has 3 fully saturated rings. The normalized spacial score (nSPS) is 24.3. The van der Waals surface area contributed by atoms with Gasteiger partial charge in [-0.25, -0.2) is 19.3 Å². The number of benzene rings is 1. The summed E-state index contributed by atoms with van der Waals surface area (Å²) in [5.74, 6) is 5.73. The van der Waals surface area contributed by atoms with Gasteiger partial charge >= 0.3 is 0 Å². The van der Waals surface area contributed by atoms with E-state index < -0.39 is 17.3 Å². The number of aromatic nitrogens is 4. The number of nitrogens with two attached hydrogens (primary N) is 1. The molecule has 3 N–H and O–H groups in total. The molecule has 4 heterocycles. The number of nitrogen functional groups attached to an aromatic ring is 1. The molecule has 3 aliphatic rings. The van der Waals surface area contributed by atoms with Gasteiger partial charge in [0, 0.05) is 29.7 Å². The van der Waals surface area contributed by atoms with Crippen LogP contribution in [0.15, 0.2) is 55.0 Å². The summed E-state index contributed by atoms with van der Waals surface area (Å²) in [4.78, 5) is 41.0. The summed E-state index contributed by atoms with van der Waals surface area (Å²) < 4.78 is 17.5. The predicted octanol–water partition coefficient (Wildman–Crippen LogP) is 3.77. The van der Waals surface area contributed by atoms with E-state index in [0.29, 0.717) is 28.8 Å². The number of carbonyl (C=O) groups excluding carboxylic acids is 2. The van der Waals surface area contributed by atoms with Crippen molar-refractivity contribution in [1.82, 2.24) is 24.3 Å². The molecule has 0 bridgehead atoms. The van der Waals surface area contributed by atoms with E-state index in [1.54, 1.807) is 43.7 Å². The lowest BCUT2D eigenvalue weighted by Gasteiger charge is -2.34. The number of hydrogen-bond donors (Lipinski definition) is 2. The van der Waals surface area contributed by atoms with Gasteiger partial charge in [0.2, 0.25) is 0 Å². The minimum absolute atomic E-state index is 0.138. The molecule has 1 aromatic carbocycles. The van der Waals surface area contributed by atoms with Gasteiger partial charge in [-0.3, -0.25) is 14.0 Å². The van der Waals surface area contributed by atoms with E-state index in [-0.39, 0.29) is 28.4 Å². The molecule has 194 valence electrons. The van der Waals surface area contributed by atoms with Crippen LogP contribution < -0.4 is 11.1 Å². The number of hydrogen-bond acceptors (Lipinski definition) is 6. The molecule has 0 radical (unpaired) electrons. The number of nitrogens with one attached hydrogen (secondary N) is 1. The fourth-order valence-corrected chi connectivity index (χ4v) is 6.97. The summed E-state index contributed by atoms with van der Waals surface area (Å²) in [6.07, 6.45) is 8.58. The molecule has 9 nitrogen and oxygen atoms in total. The predicted molar refractivity (Wildman–Crippen MR) is 142 cm³/mol. The number of pyridine rings is 1. The highest BCUT2D eigenvalue weighted by molar-refractivity contribution is 6.04.